The van der Waals surface area contributed by atoms with Crippen LogP contribution in [-0.2, 0) is 11.3 Å². The van der Waals surface area contributed by atoms with Crippen molar-refractivity contribution in [2.45, 2.75) is 25.4 Å². The van der Waals surface area contributed by atoms with E-state index in [9.17, 15) is 10.1 Å². The maximum atomic E-state index is 12.9. The molecule has 1 N–H and O–H groups in total. The lowest BCUT2D eigenvalue weighted by Crippen LogP contribution is -2.49. The van der Waals surface area contributed by atoms with Crippen molar-refractivity contribution in [1.82, 2.24) is 14.7 Å². The van der Waals surface area contributed by atoms with E-state index in [4.69, 9.17) is 14.2 Å². The van der Waals surface area contributed by atoms with E-state index in [1.54, 1.807) is 31.2 Å². The van der Waals surface area contributed by atoms with E-state index >= 15 is 0 Å². The van der Waals surface area contributed by atoms with E-state index in [-0.39, 0.29) is 5.91 Å². The number of anilines is 2. The number of nitrogens with zero attached hydrogens (tertiary/aromatic N) is 5. The lowest BCUT2D eigenvalue weighted by atomic mass is 10.0. The van der Waals surface area contributed by atoms with Gasteiger partial charge in [-0.05, 0) is 48.7 Å². The van der Waals surface area contributed by atoms with E-state index in [2.05, 4.69) is 26.3 Å². The van der Waals surface area contributed by atoms with Gasteiger partial charge in [-0.3, -0.25) is 14.4 Å². The van der Waals surface area contributed by atoms with Gasteiger partial charge in [0.15, 0.2) is 11.5 Å². The zero-order valence-electron chi connectivity index (χ0n) is 22.4. The molecule has 0 unspecified atom stereocenters. The predicted molar refractivity (Wildman–Crippen MR) is 148 cm³/mol. The molecule has 2 aliphatic rings. The molecule has 3 heterocycles. The molecule has 0 saturated carbocycles. The second kappa shape index (κ2) is 12.2. The van der Waals surface area contributed by atoms with Crippen molar-refractivity contribution in [3.05, 3.63) is 65.5 Å². The monoisotopic (exact) mass is 530 g/mol. The summed E-state index contributed by atoms with van der Waals surface area (Å²) in [6, 6.07) is 14.1. The number of morpholine rings is 1. The Morgan fingerprint density at radius 2 is 1.85 bits per heavy atom. The standard InChI is InChI=1S/C29H34N6O4/c1-37-27-6-3-21(15-28(27)38-2)19-35-20-23(18-31-35)29(36)32-24-4-5-26(22(16-24)17-30)34-9-7-25(8-10-34)33-11-13-39-14-12-33/h3-6,15-16,18,20,25H,7-14,19H2,1-2H3,(H,32,36). The van der Waals surface area contributed by atoms with Gasteiger partial charge in [-0.2, -0.15) is 10.4 Å². The topological polar surface area (TPSA) is 105 Å². The minimum absolute atomic E-state index is 0.281. The number of ether oxygens (including phenoxy) is 3. The summed E-state index contributed by atoms with van der Waals surface area (Å²) in [5.74, 6) is 1.01. The number of carbonyl (C=O) groups excluding carboxylic acids is 1. The van der Waals surface area contributed by atoms with Crippen molar-refractivity contribution >= 4 is 17.3 Å². The Bertz CT molecular complexity index is 1340. The van der Waals surface area contributed by atoms with Gasteiger partial charge in [0.1, 0.15) is 6.07 Å². The number of carbonyl (C=O) groups is 1. The average molecular weight is 531 g/mol. The van der Waals surface area contributed by atoms with Crippen molar-refractivity contribution < 1.29 is 19.0 Å². The van der Waals surface area contributed by atoms with Gasteiger partial charge in [0.25, 0.3) is 5.91 Å². The molecule has 10 nitrogen and oxygen atoms in total. The lowest BCUT2D eigenvalue weighted by Gasteiger charge is -2.41. The van der Waals surface area contributed by atoms with Crippen molar-refractivity contribution in [3.63, 3.8) is 0 Å². The van der Waals surface area contributed by atoms with Gasteiger partial charge in [0.05, 0.1) is 57.0 Å². The van der Waals surface area contributed by atoms with E-state index in [0.717, 1.165) is 63.5 Å². The molecule has 0 bridgehead atoms. The Hall–Kier alpha value is -4.07. The first kappa shape index (κ1) is 26.5. The van der Waals surface area contributed by atoms with Crippen LogP contribution in [0.25, 0.3) is 0 Å². The second-order valence-corrected chi connectivity index (χ2v) is 9.78. The predicted octanol–water partition coefficient (Wildman–Crippen LogP) is 3.37. The Kier molecular flexibility index (Phi) is 8.30. The quantitative estimate of drug-likeness (QED) is 0.473. The van der Waals surface area contributed by atoms with Crippen molar-refractivity contribution in [1.29, 1.82) is 5.26 Å². The third kappa shape index (κ3) is 6.16. The number of amides is 1. The zero-order valence-corrected chi connectivity index (χ0v) is 22.4. The van der Waals surface area contributed by atoms with Gasteiger partial charge in [0, 0.05) is 44.1 Å². The molecule has 3 aromatic rings. The average Bonchev–Trinajstić information content (AvgIpc) is 3.46. The maximum absolute atomic E-state index is 12.9. The number of methoxy groups -OCH3 is 2. The molecular formula is C29H34N6O4. The summed E-state index contributed by atoms with van der Waals surface area (Å²) >= 11 is 0. The molecule has 2 aromatic carbocycles. The first-order valence-electron chi connectivity index (χ1n) is 13.2. The number of rotatable bonds is 8. The van der Waals surface area contributed by atoms with E-state index in [0.29, 0.717) is 40.9 Å². The van der Waals surface area contributed by atoms with Crippen LogP contribution in [0.3, 0.4) is 0 Å². The third-order valence-electron chi connectivity index (χ3n) is 7.43. The van der Waals surface area contributed by atoms with Gasteiger partial charge >= 0.3 is 0 Å². The lowest BCUT2D eigenvalue weighted by molar-refractivity contribution is 0.0115. The van der Waals surface area contributed by atoms with Crippen molar-refractivity contribution in [2.24, 2.45) is 0 Å². The van der Waals surface area contributed by atoms with Gasteiger partial charge in [-0.15, -0.1) is 0 Å². The summed E-state index contributed by atoms with van der Waals surface area (Å²) < 4.78 is 17.8. The Morgan fingerprint density at radius 3 is 2.56 bits per heavy atom. The van der Waals surface area contributed by atoms with E-state index < -0.39 is 0 Å². The van der Waals surface area contributed by atoms with Crippen LogP contribution in [0.5, 0.6) is 11.5 Å². The van der Waals surface area contributed by atoms with Crippen LogP contribution in [0.4, 0.5) is 11.4 Å². The van der Waals surface area contributed by atoms with Crippen molar-refractivity contribution in [3.8, 4) is 17.6 Å². The summed E-state index contributed by atoms with van der Waals surface area (Å²) in [5.41, 5.74) is 3.45. The van der Waals surface area contributed by atoms with Crippen LogP contribution < -0.4 is 19.7 Å². The molecule has 0 atom stereocenters. The highest BCUT2D eigenvalue weighted by molar-refractivity contribution is 6.04. The van der Waals surface area contributed by atoms with Crippen LogP contribution in [-0.4, -0.2) is 80.2 Å². The molecule has 0 spiro atoms. The molecule has 5 rings (SSSR count). The molecule has 2 fully saturated rings. The SMILES string of the molecule is COc1ccc(Cn2cc(C(=O)Nc3ccc(N4CCC(N5CCOCC5)CC4)c(C#N)c3)cn2)cc1OC. The zero-order chi connectivity index (χ0) is 27.2. The molecular weight excluding hydrogens is 496 g/mol. The molecule has 0 aliphatic carbocycles. The number of nitrogens with one attached hydrogen (secondary N) is 1. The summed E-state index contributed by atoms with van der Waals surface area (Å²) in [5, 5.41) is 17.1. The first-order chi connectivity index (χ1) is 19.1. The summed E-state index contributed by atoms with van der Waals surface area (Å²) in [6.07, 6.45) is 5.37. The van der Waals surface area contributed by atoms with Crippen LogP contribution in [0.1, 0.15) is 34.3 Å². The molecule has 0 radical (unpaired) electrons. The van der Waals surface area contributed by atoms with Crippen LogP contribution in [0.15, 0.2) is 48.8 Å². The molecule has 10 heteroatoms. The Balaban J connectivity index is 1.20. The van der Waals surface area contributed by atoms with Gasteiger partial charge in [-0.1, -0.05) is 6.07 Å². The number of hydrogen-bond donors (Lipinski definition) is 1. The molecule has 1 aromatic heterocycles. The minimum Gasteiger partial charge on any atom is -0.493 e. The number of benzene rings is 2. The fourth-order valence-corrected chi connectivity index (χ4v) is 5.33. The van der Waals surface area contributed by atoms with Crippen molar-refractivity contribution in [2.75, 3.05) is 63.8 Å². The van der Waals surface area contributed by atoms with Gasteiger partial charge in [-0.25, -0.2) is 0 Å². The normalized spacial score (nSPS) is 16.5. The molecule has 2 saturated heterocycles. The maximum Gasteiger partial charge on any atom is 0.258 e. The molecule has 204 valence electrons. The first-order valence-corrected chi connectivity index (χ1v) is 13.2. The number of aromatic nitrogens is 2. The number of piperidine rings is 1. The minimum atomic E-state index is -0.281. The molecule has 39 heavy (non-hydrogen) atoms. The highest BCUT2D eigenvalue weighted by Gasteiger charge is 2.27. The summed E-state index contributed by atoms with van der Waals surface area (Å²) in [6.45, 7) is 5.90. The second-order valence-electron chi connectivity index (χ2n) is 9.78. The Morgan fingerprint density at radius 1 is 1.08 bits per heavy atom. The fraction of sp³-hybridized carbons (Fsp3) is 0.414. The smallest absolute Gasteiger partial charge is 0.258 e. The van der Waals surface area contributed by atoms with Gasteiger partial charge in [0.2, 0.25) is 0 Å². The molecule has 1 amide bonds. The van der Waals surface area contributed by atoms with Crippen LogP contribution in [0, 0.1) is 11.3 Å². The molecule has 2 aliphatic heterocycles. The number of hydrogen-bond acceptors (Lipinski definition) is 8. The van der Waals surface area contributed by atoms with Crippen LogP contribution >= 0.6 is 0 Å². The largest absolute Gasteiger partial charge is 0.493 e. The van der Waals surface area contributed by atoms with Crippen LogP contribution in [0.2, 0.25) is 0 Å². The van der Waals surface area contributed by atoms with Gasteiger partial charge < -0.3 is 24.4 Å². The Labute approximate surface area is 228 Å². The summed E-state index contributed by atoms with van der Waals surface area (Å²) in [7, 11) is 3.19. The fourth-order valence-electron chi connectivity index (χ4n) is 5.33. The highest BCUT2D eigenvalue weighted by atomic mass is 16.5. The number of nitriles is 1. The van der Waals surface area contributed by atoms with E-state index in [1.807, 2.05) is 30.3 Å². The third-order valence-corrected chi connectivity index (χ3v) is 7.43. The van der Waals surface area contributed by atoms with E-state index in [1.165, 1.54) is 6.20 Å². The highest BCUT2D eigenvalue weighted by Crippen LogP contribution is 2.29. The summed E-state index contributed by atoms with van der Waals surface area (Å²) in [4.78, 5) is 17.7.